The zero-order valence-electron chi connectivity index (χ0n) is 11.4. The van der Waals surface area contributed by atoms with Crippen molar-refractivity contribution < 1.29 is 9.53 Å². The summed E-state index contributed by atoms with van der Waals surface area (Å²) in [5, 5.41) is 0. The lowest BCUT2D eigenvalue weighted by Gasteiger charge is -2.28. The number of carbonyl (C=O) groups is 1. The van der Waals surface area contributed by atoms with Crippen LogP contribution in [0.25, 0.3) is 0 Å². The highest BCUT2D eigenvalue weighted by Gasteiger charge is 2.24. The zero-order chi connectivity index (χ0) is 13.9. The van der Waals surface area contributed by atoms with Crippen molar-refractivity contribution in [3.8, 4) is 5.75 Å². The Labute approximate surface area is 118 Å². The summed E-state index contributed by atoms with van der Waals surface area (Å²) in [4.78, 5) is 18.5. The molecule has 2 aromatic rings. The van der Waals surface area contributed by atoms with Gasteiger partial charge in [-0.05, 0) is 29.8 Å². The van der Waals surface area contributed by atoms with Gasteiger partial charge < -0.3 is 9.64 Å². The lowest BCUT2D eigenvalue weighted by Crippen LogP contribution is -2.37. The van der Waals surface area contributed by atoms with Gasteiger partial charge in [-0.2, -0.15) is 0 Å². The third-order valence-corrected chi connectivity index (χ3v) is 3.56. The van der Waals surface area contributed by atoms with Gasteiger partial charge in [0.2, 0.25) is 0 Å². The number of hydrogen-bond donors (Lipinski definition) is 0. The fourth-order valence-corrected chi connectivity index (χ4v) is 2.45. The lowest BCUT2D eigenvalue weighted by atomic mass is 10.0. The minimum absolute atomic E-state index is 0.0650. The molecular weight excluding hydrogens is 252 g/mol. The van der Waals surface area contributed by atoms with Crippen LogP contribution in [0.5, 0.6) is 5.75 Å². The fourth-order valence-electron chi connectivity index (χ4n) is 2.45. The number of nitrogens with zero attached hydrogens (tertiary/aromatic N) is 2. The highest BCUT2D eigenvalue weighted by Crippen LogP contribution is 2.19. The van der Waals surface area contributed by atoms with E-state index in [2.05, 4.69) is 4.98 Å². The van der Waals surface area contributed by atoms with Crippen LogP contribution in [0.1, 0.15) is 21.6 Å². The Hall–Kier alpha value is -2.36. The summed E-state index contributed by atoms with van der Waals surface area (Å²) >= 11 is 0. The van der Waals surface area contributed by atoms with E-state index in [9.17, 15) is 4.79 Å². The van der Waals surface area contributed by atoms with Crippen LogP contribution in [0.15, 0.2) is 42.6 Å². The maximum atomic E-state index is 12.4. The molecule has 2 heterocycles. The molecule has 1 aliphatic rings. The van der Waals surface area contributed by atoms with Crippen LogP contribution in [0.2, 0.25) is 0 Å². The number of pyridine rings is 1. The van der Waals surface area contributed by atoms with Gasteiger partial charge in [0.25, 0.3) is 5.91 Å². The summed E-state index contributed by atoms with van der Waals surface area (Å²) in [5.74, 6) is 0.892. The van der Waals surface area contributed by atoms with Gasteiger partial charge in [-0.15, -0.1) is 0 Å². The van der Waals surface area contributed by atoms with Crippen molar-refractivity contribution in [1.82, 2.24) is 9.88 Å². The number of hydrogen-bond acceptors (Lipinski definition) is 3. The third kappa shape index (κ3) is 2.37. The summed E-state index contributed by atoms with van der Waals surface area (Å²) in [6.45, 7) is 1.34. The minimum atomic E-state index is 0.0650. The molecule has 0 aliphatic carbocycles. The maximum Gasteiger partial charge on any atom is 0.256 e. The van der Waals surface area contributed by atoms with Crippen molar-refractivity contribution in [3.63, 3.8) is 0 Å². The highest BCUT2D eigenvalue weighted by atomic mass is 16.5. The Balaban J connectivity index is 1.77. The molecule has 0 atom stereocenters. The normalized spacial score (nSPS) is 14.1. The number of benzene rings is 1. The van der Waals surface area contributed by atoms with Gasteiger partial charge in [0.05, 0.1) is 18.4 Å². The zero-order valence-corrected chi connectivity index (χ0v) is 11.4. The summed E-state index contributed by atoms with van der Waals surface area (Å²) in [6, 6.07) is 11.5. The van der Waals surface area contributed by atoms with Crippen LogP contribution >= 0.6 is 0 Å². The summed E-state index contributed by atoms with van der Waals surface area (Å²) < 4.78 is 5.14. The molecular formula is C16H16N2O2. The van der Waals surface area contributed by atoms with E-state index in [1.807, 2.05) is 41.3 Å². The number of amides is 1. The van der Waals surface area contributed by atoms with Crippen molar-refractivity contribution in [1.29, 1.82) is 0 Å². The smallest absolute Gasteiger partial charge is 0.256 e. The van der Waals surface area contributed by atoms with Crippen LogP contribution in [0.4, 0.5) is 0 Å². The van der Waals surface area contributed by atoms with E-state index in [1.54, 1.807) is 13.3 Å². The molecule has 1 aliphatic heterocycles. The predicted molar refractivity (Wildman–Crippen MR) is 75.7 cm³/mol. The van der Waals surface area contributed by atoms with E-state index in [0.29, 0.717) is 6.54 Å². The molecule has 3 rings (SSSR count). The van der Waals surface area contributed by atoms with Gasteiger partial charge in [-0.1, -0.05) is 12.1 Å². The SMILES string of the molecule is COc1ccc(CN2CCc3ncccc3C2=O)cc1. The monoisotopic (exact) mass is 268 g/mol. The number of methoxy groups -OCH3 is 1. The van der Waals surface area contributed by atoms with Crippen molar-refractivity contribution in [2.75, 3.05) is 13.7 Å². The highest BCUT2D eigenvalue weighted by molar-refractivity contribution is 5.96. The standard InChI is InChI=1S/C16H16N2O2/c1-20-13-6-4-12(5-7-13)11-18-10-8-15-14(16(18)19)3-2-9-17-15/h2-7,9H,8,10-11H2,1H3. The molecule has 0 spiro atoms. The van der Waals surface area contributed by atoms with E-state index >= 15 is 0 Å². The number of ether oxygens (including phenoxy) is 1. The van der Waals surface area contributed by atoms with E-state index in [-0.39, 0.29) is 5.91 Å². The molecule has 102 valence electrons. The molecule has 1 amide bonds. The molecule has 4 heteroatoms. The van der Waals surface area contributed by atoms with Crippen LogP contribution < -0.4 is 4.74 Å². The molecule has 1 aromatic carbocycles. The van der Waals surface area contributed by atoms with Gasteiger partial charge in [0.1, 0.15) is 5.75 Å². The van der Waals surface area contributed by atoms with Crippen LogP contribution in [0, 0.1) is 0 Å². The summed E-state index contributed by atoms with van der Waals surface area (Å²) in [7, 11) is 1.65. The maximum absolute atomic E-state index is 12.4. The quantitative estimate of drug-likeness (QED) is 0.857. The summed E-state index contributed by atoms with van der Waals surface area (Å²) in [5.41, 5.74) is 2.74. The van der Waals surface area contributed by atoms with Crippen molar-refractivity contribution >= 4 is 5.91 Å². The fraction of sp³-hybridized carbons (Fsp3) is 0.250. The van der Waals surface area contributed by atoms with Crippen LogP contribution in [0.3, 0.4) is 0 Å². The first kappa shape index (κ1) is 12.7. The first-order valence-electron chi connectivity index (χ1n) is 6.64. The number of rotatable bonds is 3. The van der Waals surface area contributed by atoms with Gasteiger partial charge in [-0.3, -0.25) is 9.78 Å². The Morgan fingerprint density at radius 1 is 1.25 bits per heavy atom. The molecule has 0 bridgehead atoms. The second kappa shape index (κ2) is 5.33. The Morgan fingerprint density at radius 3 is 2.80 bits per heavy atom. The van der Waals surface area contributed by atoms with Gasteiger partial charge in [0, 0.05) is 25.7 Å². The number of fused-ring (bicyclic) bond motifs is 1. The second-order valence-electron chi connectivity index (χ2n) is 4.82. The average molecular weight is 268 g/mol. The molecule has 0 N–H and O–H groups in total. The average Bonchev–Trinajstić information content (AvgIpc) is 2.51. The van der Waals surface area contributed by atoms with Crippen LogP contribution in [-0.2, 0) is 13.0 Å². The topological polar surface area (TPSA) is 42.4 Å². The predicted octanol–water partition coefficient (Wildman–Crippen LogP) is 2.29. The van der Waals surface area contributed by atoms with E-state index in [4.69, 9.17) is 4.74 Å². The molecule has 0 saturated heterocycles. The van der Waals surface area contributed by atoms with Crippen molar-refractivity contribution in [3.05, 3.63) is 59.4 Å². The molecule has 20 heavy (non-hydrogen) atoms. The van der Waals surface area contributed by atoms with Gasteiger partial charge >= 0.3 is 0 Å². The minimum Gasteiger partial charge on any atom is -0.497 e. The van der Waals surface area contributed by atoms with E-state index < -0.39 is 0 Å². The van der Waals surface area contributed by atoms with Gasteiger partial charge in [0.15, 0.2) is 0 Å². The first-order valence-corrected chi connectivity index (χ1v) is 6.64. The van der Waals surface area contributed by atoms with Crippen molar-refractivity contribution in [2.45, 2.75) is 13.0 Å². The van der Waals surface area contributed by atoms with Crippen LogP contribution in [-0.4, -0.2) is 29.4 Å². The van der Waals surface area contributed by atoms with Gasteiger partial charge in [-0.25, -0.2) is 0 Å². The number of aromatic nitrogens is 1. The van der Waals surface area contributed by atoms with E-state index in [1.165, 1.54) is 0 Å². The molecule has 0 fully saturated rings. The molecule has 0 saturated carbocycles. The third-order valence-electron chi connectivity index (χ3n) is 3.56. The molecule has 0 radical (unpaired) electrons. The second-order valence-corrected chi connectivity index (χ2v) is 4.82. The molecule has 1 aromatic heterocycles. The van der Waals surface area contributed by atoms with E-state index in [0.717, 1.165) is 35.5 Å². The largest absolute Gasteiger partial charge is 0.497 e. The molecule has 4 nitrogen and oxygen atoms in total. The molecule has 0 unspecified atom stereocenters. The number of carbonyl (C=O) groups excluding carboxylic acids is 1. The summed E-state index contributed by atoms with van der Waals surface area (Å²) in [6.07, 6.45) is 2.56. The Kier molecular flexibility index (Phi) is 3.37. The Bertz CT molecular complexity index is 623. The lowest BCUT2D eigenvalue weighted by molar-refractivity contribution is 0.0725. The van der Waals surface area contributed by atoms with Crippen molar-refractivity contribution in [2.24, 2.45) is 0 Å². The Morgan fingerprint density at radius 2 is 2.05 bits per heavy atom. The first-order chi connectivity index (χ1) is 9.78.